The number of carboxylic acids is 2. The van der Waals surface area contributed by atoms with Gasteiger partial charge in [-0.2, -0.15) is 0 Å². The number of aryl methyl sites for hydroxylation is 1. The van der Waals surface area contributed by atoms with Crippen LogP contribution in [0.1, 0.15) is 18.1 Å². The summed E-state index contributed by atoms with van der Waals surface area (Å²) < 4.78 is 0. The molecule has 4 nitrogen and oxygen atoms in total. The maximum atomic E-state index is 10.9. The lowest BCUT2D eigenvalue weighted by Crippen LogP contribution is -2.25. The summed E-state index contributed by atoms with van der Waals surface area (Å²) in [4.78, 5) is 21.8. The largest absolute Gasteiger partial charge is 0.481 e. The molecule has 22 heavy (non-hydrogen) atoms. The fourth-order valence-corrected chi connectivity index (χ4v) is 2.28. The molecule has 0 fully saturated rings. The summed E-state index contributed by atoms with van der Waals surface area (Å²) in [6.45, 7) is 2.10. The van der Waals surface area contributed by atoms with Crippen molar-refractivity contribution >= 4 is 11.9 Å². The van der Waals surface area contributed by atoms with Crippen LogP contribution in [0.15, 0.2) is 48.5 Å². The molecule has 0 aliphatic heterocycles. The van der Waals surface area contributed by atoms with Gasteiger partial charge in [0.25, 0.3) is 0 Å². The van der Waals surface area contributed by atoms with Crippen molar-refractivity contribution in [1.82, 2.24) is 0 Å². The van der Waals surface area contributed by atoms with Crippen LogP contribution in [0.2, 0.25) is 0 Å². The predicted octanol–water partition coefficient (Wildman–Crippen LogP) is 3.24. The summed E-state index contributed by atoms with van der Waals surface area (Å²) in [6, 6.07) is 15.6. The zero-order chi connectivity index (χ0) is 16.1. The zero-order valence-corrected chi connectivity index (χ0v) is 12.3. The van der Waals surface area contributed by atoms with Crippen LogP contribution in [0.3, 0.4) is 0 Å². The van der Waals surface area contributed by atoms with E-state index in [0.29, 0.717) is 5.56 Å². The highest BCUT2D eigenvalue weighted by Crippen LogP contribution is 2.21. The SMILES string of the molecule is CCc1ccc(-c2ccc(CC(C(=O)O)C(=O)O)cc2)cc1. The smallest absolute Gasteiger partial charge is 0.318 e. The molecule has 0 heterocycles. The number of hydrogen-bond donors (Lipinski definition) is 2. The maximum absolute atomic E-state index is 10.9. The van der Waals surface area contributed by atoms with Gasteiger partial charge in [-0.15, -0.1) is 0 Å². The molecule has 2 N–H and O–H groups in total. The molecule has 0 saturated carbocycles. The molecule has 0 aromatic heterocycles. The van der Waals surface area contributed by atoms with E-state index in [1.165, 1.54) is 5.56 Å². The number of carbonyl (C=O) groups is 2. The molecule has 0 radical (unpaired) electrons. The molecule has 0 bridgehead atoms. The second kappa shape index (κ2) is 6.89. The Kier molecular flexibility index (Phi) is 4.94. The van der Waals surface area contributed by atoms with Gasteiger partial charge < -0.3 is 10.2 Å². The molecule has 2 rings (SSSR count). The van der Waals surface area contributed by atoms with E-state index in [4.69, 9.17) is 10.2 Å². The molecule has 2 aromatic carbocycles. The molecule has 114 valence electrons. The first-order chi connectivity index (χ1) is 10.5. The van der Waals surface area contributed by atoms with Crippen molar-refractivity contribution < 1.29 is 19.8 Å². The van der Waals surface area contributed by atoms with Crippen molar-refractivity contribution in [3.8, 4) is 11.1 Å². The summed E-state index contributed by atoms with van der Waals surface area (Å²) in [7, 11) is 0. The Morgan fingerprint density at radius 3 is 1.59 bits per heavy atom. The first-order valence-corrected chi connectivity index (χ1v) is 7.15. The molecule has 0 spiro atoms. The molecule has 4 heteroatoms. The van der Waals surface area contributed by atoms with Crippen molar-refractivity contribution in [3.05, 3.63) is 59.7 Å². The van der Waals surface area contributed by atoms with Crippen molar-refractivity contribution in [3.63, 3.8) is 0 Å². The monoisotopic (exact) mass is 298 g/mol. The number of carboxylic acid groups (broad SMARTS) is 2. The molecule has 2 aromatic rings. The standard InChI is InChI=1S/C18H18O4/c1-2-12-3-7-14(8-4-12)15-9-5-13(6-10-15)11-16(17(19)20)18(21)22/h3-10,16H,2,11H2,1H3,(H,19,20)(H,21,22). The molecule has 0 unspecified atom stereocenters. The average molecular weight is 298 g/mol. The zero-order valence-electron chi connectivity index (χ0n) is 12.3. The highest BCUT2D eigenvalue weighted by atomic mass is 16.4. The third-order valence-electron chi connectivity index (χ3n) is 3.69. The van der Waals surface area contributed by atoms with Crippen molar-refractivity contribution in [2.24, 2.45) is 5.92 Å². The van der Waals surface area contributed by atoms with Crippen LogP contribution in [0.5, 0.6) is 0 Å². The summed E-state index contributed by atoms with van der Waals surface area (Å²) in [5.74, 6) is -4.03. The van der Waals surface area contributed by atoms with Gasteiger partial charge in [-0.25, -0.2) is 0 Å². The van der Waals surface area contributed by atoms with E-state index in [-0.39, 0.29) is 6.42 Å². The quantitative estimate of drug-likeness (QED) is 0.803. The summed E-state index contributed by atoms with van der Waals surface area (Å²) in [5, 5.41) is 17.8. The highest BCUT2D eigenvalue weighted by Gasteiger charge is 2.25. The van der Waals surface area contributed by atoms with E-state index in [1.54, 1.807) is 12.1 Å². The topological polar surface area (TPSA) is 74.6 Å². The third kappa shape index (κ3) is 3.73. The van der Waals surface area contributed by atoms with Gasteiger partial charge in [-0.05, 0) is 35.1 Å². The fourth-order valence-electron chi connectivity index (χ4n) is 2.28. The van der Waals surface area contributed by atoms with Crippen LogP contribution in [0, 0.1) is 5.92 Å². The lowest BCUT2D eigenvalue weighted by Gasteiger charge is -2.09. The van der Waals surface area contributed by atoms with Gasteiger partial charge in [-0.3, -0.25) is 9.59 Å². The van der Waals surface area contributed by atoms with E-state index >= 15 is 0 Å². The van der Waals surface area contributed by atoms with Gasteiger partial charge in [0.2, 0.25) is 0 Å². The van der Waals surface area contributed by atoms with Crippen molar-refractivity contribution in [1.29, 1.82) is 0 Å². The number of hydrogen-bond acceptors (Lipinski definition) is 2. The van der Waals surface area contributed by atoms with E-state index in [0.717, 1.165) is 17.5 Å². The summed E-state index contributed by atoms with van der Waals surface area (Å²) in [5.41, 5.74) is 4.07. The van der Waals surface area contributed by atoms with Gasteiger partial charge in [-0.1, -0.05) is 55.5 Å². The van der Waals surface area contributed by atoms with E-state index in [1.807, 2.05) is 24.3 Å². The van der Waals surface area contributed by atoms with Crippen LogP contribution in [0.4, 0.5) is 0 Å². The fraction of sp³-hybridized carbons (Fsp3) is 0.222. The number of benzene rings is 2. The molecular formula is C18H18O4. The molecule has 0 saturated heterocycles. The van der Waals surface area contributed by atoms with Gasteiger partial charge in [0.15, 0.2) is 5.92 Å². The minimum Gasteiger partial charge on any atom is -0.481 e. The van der Waals surface area contributed by atoms with Crippen LogP contribution >= 0.6 is 0 Å². The van der Waals surface area contributed by atoms with Crippen molar-refractivity contribution in [2.75, 3.05) is 0 Å². The van der Waals surface area contributed by atoms with Crippen LogP contribution < -0.4 is 0 Å². The highest BCUT2D eigenvalue weighted by molar-refractivity contribution is 5.93. The number of aliphatic carboxylic acids is 2. The molecule has 0 amide bonds. The minimum atomic E-state index is -1.41. The lowest BCUT2D eigenvalue weighted by molar-refractivity contribution is -0.154. The molecule has 0 atom stereocenters. The Morgan fingerprint density at radius 1 is 0.818 bits per heavy atom. The number of rotatable bonds is 6. The Morgan fingerprint density at radius 2 is 1.23 bits per heavy atom. The van der Waals surface area contributed by atoms with Crippen LogP contribution in [-0.4, -0.2) is 22.2 Å². The first-order valence-electron chi connectivity index (χ1n) is 7.15. The van der Waals surface area contributed by atoms with Gasteiger partial charge >= 0.3 is 11.9 Å². The second-order valence-electron chi connectivity index (χ2n) is 5.18. The molecule has 0 aliphatic carbocycles. The van der Waals surface area contributed by atoms with E-state index in [9.17, 15) is 9.59 Å². The second-order valence-corrected chi connectivity index (χ2v) is 5.18. The Bertz CT molecular complexity index is 642. The van der Waals surface area contributed by atoms with E-state index in [2.05, 4.69) is 19.1 Å². The van der Waals surface area contributed by atoms with Gasteiger partial charge in [0.05, 0.1) is 0 Å². The normalized spacial score (nSPS) is 10.6. The maximum Gasteiger partial charge on any atom is 0.318 e. The first kappa shape index (κ1) is 15.8. The Balaban J connectivity index is 2.15. The van der Waals surface area contributed by atoms with Gasteiger partial charge in [0, 0.05) is 0 Å². The third-order valence-corrected chi connectivity index (χ3v) is 3.69. The Hall–Kier alpha value is -2.62. The predicted molar refractivity (Wildman–Crippen MR) is 83.7 cm³/mol. The van der Waals surface area contributed by atoms with Gasteiger partial charge in [0.1, 0.15) is 0 Å². The Labute approximate surface area is 129 Å². The van der Waals surface area contributed by atoms with E-state index < -0.39 is 17.9 Å². The van der Waals surface area contributed by atoms with Crippen molar-refractivity contribution in [2.45, 2.75) is 19.8 Å². The lowest BCUT2D eigenvalue weighted by atomic mass is 9.97. The average Bonchev–Trinajstić information content (AvgIpc) is 2.52. The summed E-state index contributed by atoms with van der Waals surface area (Å²) >= 11 is 0. The molecular weight excluding hydrogens is 280 g/mol. The summed E-state index contributed by atoms with van der Waals surface area (Å²) in [6.07, 6.45) is 0.977. The molecule has 0 aliphatic rings. The van der Waals surface area contributed by atoms with Crippen LogP contribution in [0.25, 0.3) is 11.1 Å². The van der Waals surface area contributed by atoms with Crippen LogP contribution in [-0.2, 0) is 22.4 Å². The minimum absolute atomic E-state index is 0.0142.